The average Bonchev–Trinajstić information content (AvgIpc) is 2.75. The van der Waals surface area contributed by atoms with Gasteiger partial charge in [0.25, 0.3) is 10.0 Å². The molecule has 2 rings (SSSR count). The minimum absolute atomic E-state index is 0.183. The molecule has 1 heterocycles. The number of aromatic nitrogens is 1. The fraction of sp³-hybridized carbons (Fsp3) is 0.267. The molecule has 21 heavy (non-hydrogen) atoms. The molecule has 0 spiro atoms. The molecule has 112 valence electrons. The third-order valence-electron chi connectivity index (χ3n) is 3.51. The summed E-state index contributed by atoms with van der Waals surface area (Å²) in [5.74, 6) is -0.548. The van der Waals surface area contributed by atoms with Crippen LogP contribution in [0.4, 0.5) is 0 Å². The molecular formula is C15H17NO4S. The van der Waals surface area contributed by atoms with Crippen LogP contribution in [0.5, 0.6) is 0 Å². The summed E-state index contributed by atoms with van der Waals surface area (Å²) in [5, 5.41) is 0. The number of benzene rings is 1. The number of esters is 1. The second kappa shape index (κ2) is 5.37. The summed E-state index contributed by atoms with van der Waals surface area (Å²) >= 11 is 0. The summed E-state index contributed by atoms with van der Waals surface area (Å²) in [6.45, 7) is 5.24. The van der Waals surface area contributed by atoms with Crippen LogP contribution in [-0.4, -0.2) is 25.5 Å². The van der Waals surface area contributed by atoms with Gasteiger partial charge >= 0.3 is 5.97 Å². The molecule has 0 amide bonds. The van der Waals surface area contributed by atoms with Crippen molar-refractivity contribution in [3.05, 3.63) is 52.8 Å². The minimum Gasteiger partial charge on any atom is -0.465 e. The Bertz CT molecular complexity index is 786. The van der Waals surface area contributed by atoms with Crippen LogP contribution < -0.4 is 0 Å². The van der Waals surface area contributed by atoms with Crippen LogP contribution in [0.2, 0.25) is 0 Å². The van der Waals surface area contributed by atoms with Crippen molar-refractivity contribution in [3.63, 3.8) is 0 Å². The van der Waals surface area contributed by atoms with Gasteiger partial charge < -0.3 is 4.74 Å². The molecule has 0 aliphatic heterocycles. The number of methoxy groups -OCH3 is 1. The van der Waals surface area contributed by atoms with Crippen molar-refractivity contribution in [1.29, 1.82) is 0 Å². The number of carbonyl (C=O) groups is 1. The quantitative estimate of drug-likeness (QED) is 0.817. The van der Waals surface area contributed by atoms with Crippen LogP contribution in [-0.2, 0) is 14.8 Å². The Balaban J connectivity index is 2.61. The molecule has 0 radical (unpaired) electrons. The average molecular weight is 307 g/mol. The molecule has 1 aromatic heterocycles. The predicted octanol–water partition coefficient (Wildman–Crippen LogP) is 2.44. The molecule has 0 N–H and O–H groups in total. The third-order valence-corrected chi connectivity index (χ3v) is 5.27. The number of aryl methyl sites for hydroxylation is 1. The molecular weight excluding hydrogens is 290 g/mol. The van der Waals surface area contributed by atoms with Crippen LogP contribution in [0.3, 0.4) is 0 Å². The van der Waals surface area contributed by atoms with Gasteiger partial charge in [-0.25, -0.2) is 17.2 Å². The molecule has 0 unspecified atom stereocenters. The van der Waals surface area contributed by atoms with E-state index in [-0.39, 0.29) is 10.5 Å². The van der Waals surface area contributed by atoms with Gasteiger partial charge in [0.2, 0.25) is 0 Å². The molecule has 0 atom stereocenters. The lowest BCUT2D eigenvalue weighted by molar-refractivity contribution is 0.0600. The van der Waals surface area contributed by atoms with E-state index < -0.39 is 16.0 Å². The van der Waals surface area contributed by atoms with Gasteiger partial charge in [-0.1, -0.05) is 17.7 Å². The standard InChI is InChI=1S/C15H17NO4S/c1-10-5-7-13(8-6-10)21(18,19)16-9-14(15(17)20-4)11(2)12(16)3/h5-9H,1-4H3. The fourth-order valence-corrected chi connectivity index (χ4v) is 3.51. The van der Waals surface area contributed by atoms with E-state index in [0.29, 0.717) is 11.3 Å². The zero-order valence-corrected chi connectivity index (χ0v) is 13.2. The Morgan fingerprint density at radius 3 is 2.19 bits per heavy atom. The van der Waals surface area contributed by atoms with Crippen molar-refractivity contribution in [1.82, 2.24) is 3.97 Å². The summed E-state index contributed by atoms with van der Waals surface area (Å²) < 4.78 is 31.1. The number of ether oxygens (including phenoxy) is 1. The molecule has 0 aliphatic carbocycles. The molecule has 0 bridgehead atoms. The number of hydrogen-bond acceptors (Lipinski definition) is 4. The van der Waals surface area contributed by atoms with E-state index in [0.717, 1.165) is 9.54 Å². The lowest BCUT2D eigenvalue weighted by Gasteiger charge is -2.08. The minimum atomic E-state index is -3.72. The maximum atomic E-state index is 12.7. The summed E-state index contributed by atoms with van der Waals surface area (Å²) in [7, 11) is -2.45. The van der Waals surface area contributed by atoms with Crippen molar-refractivity contribution >= 4 is 16.0 Å². The summed E-state index contributed by atoms with van der Waals surface area (Å²) in [5.41, 5.74) is 2.32. The van der Waals surface area contributed by atoms with E-state index >= 15 is 0 Å². The molecule has 0 saturated carbocycles. The van der Waals surface area contributed by atoms with Crippen LogP contribution in [0.25, 0.3) is 0 Å². The van der Waals surface area contributed by atoms with Crippen LogP contribution in [0.15, 0.2) is 35.4 Å². The summed E-state index contributed by atoms with van der Waals surface area (Å²) in [4.78, 5) is 11.9. The van der Waals surface area contributed by atoms with Gasteiger partial charge in [0.15, 0.2) is 0 Å². The fourth-order valence-electron chi connectivity index (χ4n) is 2.06. The Morgan fingerprint density at radius 1 is 1.10 bits per heavy atom. The highest BCUT2D eigenvalue weighted by molar-refractivity contribution is 7.90. The molecule has 0 saturated heterocycles. The lowest BCUT2D eigenvalue weighted by Crippen LogP contribution is -2.13. The lowest BCUT2D eigenvalue weighted by atomic mass is 10.2. The van der Waals surface area contributed by atoms with E-state index in [1.54, 1.807) is 38.1 Å². The maximum Gasteiger partial charge on any atom is 0.339 e. The van der Waals surface area contributed by atoms with Crippen LogP contribution in [0.1, 0.15) is 27.2 Å². The van der Waals surface area contributed by atoms with Crippen molar-refractivity contribution in [3.8, 4) is 0 Å². The van der Waals surface area contributed by atoms with Crippen molar-refractivity contribution in [2.45, 2.75) is 25.7 Å². The molecule has 5 nitrogen and oxygen atoms in total. The predicted molar refractivity (Wildman–Crippen MR) is 79.0 cm³/mol. The largest absolute Gasteiger partial charge is 0.465 e. The first-order valence-electron chi connectivity index (χ1n) is 6.38. The molecule has 1 aromatic carbocycles. The number of carbonyl (C=O) groups excluding carboxylic acids is 1. The second-order valence-electron chi connectivity index (χ2n) is 4.86. The molecule has 0 aliphatic rings. The highest BCUT2D eigenvalue weighted by atomic mass is 32.2. The SMILES string of the molecule is COC(=O)c1cn(S(=O)(=O)c2ccc(C)cc2)c(C)c1C. The van der Waals surface area contributed by atoms with Crippen LogP contribution >= 0.6 is 0 Å². The monoisotopic (exact) mass is 307 g/mol. The molecule has 6 heteroatoms. The third kappa shape index (κ3) is 2.58. The second-order valence-corrected chi connectivity index (χ2v) is 6.67. The van der Waals surface area contributed by atoms with Gasteiger partial charge in [-0.15, -0.1) is 0 Å². The normalized spacial score (nSPS) is 11.4. The number of hydrogen-bond donors (Lipinski definition) is 0. The zero-order valence-electron chi connectivity index (χ0n) is 12.4. The van der Waals surface area contributed by atoms with Gasteiger partial charge in [-0.05, 0) is 38.5 Å². The van der Waals surface area contributed by atoms with Gasteiger partial charge in [0, 0.05) is 11.9 Å². The number of rotatable bonds is 3. The summed E-state index contributed by atoms with van der Waals surface area (Å²) in [6, 6.07) is 6.58. The first-order valence-corrected chi connectivity index (χ1v) is 7.82. The van der Waals surface area contributed by atoms with E-state index in [4.69, 9.17) is 0 Å². The smallest absolute Gasteiger partial charge is 0.339 e. The molecule has 2 aromatic rings. The van der Waals surface area contributed by atoms with Gasteiger partial charge in [-0.2, -0.15) is 0 Å². The Kier molecular flexibility index (Phi) is 3.91. The van der Waals surface area contributed by atoms with Gasteiger partial charge in [-0.3, -0.25) is 0 Å². The molecule has 0 fully saturated rings. The van der Waals surface area contributed by atoms with E-state index in [1.807, 2.05) is 6.92 Å². The van der Waals surface area contributed by atoms with Crippen molar-refractivity contribution < 1.29 is 17.9 Å². The highest BCUT2D eigenvalue weighted by Crippen LogP contribution is 2.23. The van der Waals surface area contributed by atoms with Crippen LogP contribution in [0, 0.1) is 20.8 Å². The van der Waals surface area contributed by atoms with E-state index in [9.17, 15) is 13.2 Å². The first-order chi connectivity index (χ1) is 9.78. The number of nitrogens with zero attached hydrogens (tertiary/aromatic N) is 1. The topological polar surface area (TPSA) is 65.4 Å². The van der Waals surface area contributed by atoms with Gasteiger partial charge in [0.05, 0.1) is 17.6 Å². The zero-order chi connectivity index (χ0) is 15.8. The Hall–Kier alpha value is -2.08. The first kappa shape index (κ1) is 15.3. The maximum absolute atomic E-state index is 12.7. The Labute approximate surface area is 124 Å². The summed E-state index contributed by atoms with van der Waals surface area (Å²) in [6.07, 6.45) is 1.31. The van der Waals surface area contributed by atoms with Crippen molar-refractivity contribution in [2.75, 3.05) is 7.11 Å². The Morgan fingerprint density at radius 2 is 1.67 bits per heavy atom. The van der Waals surface area contributed by atoms with E-state index in [1.165, 1.54) is 13.3 Å². The highest BCUT2D eigenvalue weighted by Gasteiger charge is 2.24. The van der Waals surface area contributed by atoms with Gasteiger partial charge in [0.1, 0.15) is 0 Å². The van der Waals surface area contributed by atoms with E-state index in [2.05, 4.69) is 4.74 Å². The van der Waals surface area contributed by atoms with Crippen molar-refractivity contribution in [2.24, 2.45) is 0 Å².